The van der Waals surface area contributed by atoms with E-state index in [-0.39, 0.29) is 10.9 Å². The van der Waals surface area contributed by atoms with Crippen molar-refractivity contribution in [1.82, 2.24) is 4.72 Å². The predicted octanol–water partition coefficient (Wildman–Crippen LogP) is 2.25. The van der Waals surface area contributed by atoms with Crippen molar-refractivity contribution >= 4 is 10.0 Å². The number of aryl methyl sites for hydroxylation is 1. The summed E-state index contributed by atoms with van der Waals surface area (Å²) >= 11 is 0. The summed E-state index contributed by atoms with van der Waals surface area (Å²) < 4.78 is 38.7. The summed E-state index contributed by atoms with van der Waals surface area (Å²) in [5, 5.41) is 0. The Bertz CT molecular complexity index is 579. The Morgan fingerprint density at radius 1 is 1.36 bits per heavy atom. The van der Waals surface area contributed by atoms with E-state index >= 15 is 0 Å². The van der Waals surface area contributed by atoms with Gasteiger partial charge in [0.05, 0.1) is 24.2 Å². The SMILES string of the molecule is CCCCOC[C@@H](NS(=O)(=O)c1ccc(C)cc1)[C@]1(C)CO1. The fourth-order valence-corrected chi connectivity index (χ4v) is 3.39. The van der Waals surface area contributed by atoms with Crippen LogP contribution in [0, 0.1) is 6.92 Å². The average molecular weight is 327 g/mol. The Kier molecular flexibility index (Phi) is 5.60. The number of sulfonamides is 1. The zero-order valence-electron chi connectivity index (χ0n) is 13.5. The van der Waals surface area contributed by atoms with Crippen molar-refractivity contribution in [3.05, 3.63) is 29.8 Å². The van der Waals surface area contributed by atoms with Gasteiger partial charge in [0.25, 0.3) is 0 Å². The van der Waals surface area contributed by atoms with Crippen LogP contribution in [0.1, 0.15) is 32.3 Å². The van der Waals surface area contributed by atoms with Gasteiger partial charge in [0.15, 0.2) is 0 Å². The monoisotopic (exact) mass is 327 g/mol. The largest absolute Gasteiger partial charge is 0.380 e. The Balaban J connectivity index is 2.04. The lowest BCUT2D eigenvalue weighted by Gasteiger charge is -2.22. The van der Waals surface area contributed by atoms with Crippen LogP contribution in [-0.2, 0) is 19.5 Å². The van der Waals surface area contributed by atoms with Gasteiger partial charge in [-0.1, -0.05) is 31.0 Å². The maximum absolute atomic E-state index is 12.5. The molecule has 1 heterocycles. The zero-order valence-corrected chi connectivity index (χ0v) is 14.3. The molecule has 0 spiro atoms. The van der Waals surface area contributed by atoms with E-state index in [0.717, 1.165) is 18.4 Å². The first-order chi connectivity index (χ1) is 10.4. The minimum absolute atomic E-state index is 0.265. The third kappa shape index (κ3) is 4.52. The zero-order chi connectivity index (χ0) is 16.2. The van der Waals surface area contributed by atoms with E-state index in [1.165, 1.54) is 0 Å². The first-order valence-electron chi connectivity index (χ1n) is 7.68. The van der Waals surface area contributed by atoms with Crippen molar-refractivity contribution in [2.75, 3.05) is 19.8 Å². The highest BCUT2D eigenvalue weighted by molar-refractivity contribution is 7.89. The molecule has 0 aromatic heterocycles. The van der Waals surface area contributed by atoms with E-state index < -0.39 is 15.6 Å². The van der Waals surface area contributed by atoms with Crippen LogP contribution in [-0.4, -0.2) is 39.9 Å². The third-order valence-electron chi connectivity index (χ3n) is 3.89. The summed E-state index contributed by atoms with van der Waals surface area (Å²) in [6, 6.07) is 6.43. The molecule has 1 aliphatic rings. The molecule has 124 valence electrons. The Hall–Kier alpha value is -0.950. The normalized spacial score (nSPS) is 22.5. The summed E-state index contributed by atoms with van der Waals surface area (Å²) in [7, 11) is -3.57. The van der Waals surface area contributed by atoms with Gasteiger partial charge in [0, 0.05) is 6.61 Å². The molecule has 1 aromatic rings. The second-order valence-corrected chi connectivity index (χ2v) is 7.73. The molecule has 0 radical (unpaired) electrons. The van der Waals surface area contributed by atoms with E-state index in [1.54, 1.807) is 24.3 Å². The molecule has 6 heteroatoms. The van der Waals surface area contributed by atoms with Gasteiger partial charge in [-0.15, -0.1) is 0 Å². The highest BCUT2D eigenvalue weighted by Crippen LogP contribution is 2.31. The summed E-state index contributed by atoms with van der Waals surface area (Å²) in [5.74, 6) is 0. The first kappa shape index (κ1) is 17.4. The minimum atomic E-state index is -3.57. The van der Waals surface area contributed by atoms with Crippen LogP contribution < -0.4 is 4.72 Å². The molecule has 0 aliphatic carbocycles. The highest BCUT2D eigenvalue weighted by atomic mass is 32.2. The molecule has 1 N–H and O–H groups in total. The summed E-state index contributed by atoms with van der Waals surface area (Å²) in [4.78, 5) is 0.265. The molecule has 0 bridgehead atoms. The van der Waals surface area contributed by atoms with Crippen LogP contribution in [0.15, 0.2) is 29.2 Å². The number of epoxide rings is 1. The third-order valence-corrected chi connectivity index (χ3v) is 5.38. The fourth-order valence-electron chi connectivity index (χ4n) is 2.07. The standard InChI is InChI=1S/C16H25NO4S/c1-4-5-10-20-11-15(16(3)12-21-16)17-22(18,19)14-8-6-13(2)7-9-14/h6-9,15,17H,4-5,10-12H2,1-3H3/t15-,16+/m1/s1. The van der Waals surface area contributed by atoms with Crippen LogP contribution in [0.25, 0.3) is 0 Å². The molecular weight excluding hydrogens is 302 g/mol. The van der Waals surface area contributed by atoms with Gasteiger partial charge in [-0.25, -0.2) is 13.1 Å². The molecule has 1 saturated heterocycles. The predicted molar refractivity (Wildman–Crippen MR) is 85.4 cm³/mol. The van der Waals surface area contributed by atoms with Crippen molar-refractivity contribution in [2.45, 2.75) is 50.2 Å². The van der Waals surface area contributed by atoms with Gasteiger partial charge in [0.1, 0.15) is 5.60 Å². The second kappa shape index (κ2) is 7.08. The molecule has 1 fully saturated rings. The van der Waals surface area contributed by atoms with Crippen molar-refractivity contribution < 1.29 is 17.9 Å². The summed E-state index contributed by atoms with van der Waals surface area (Å²) in [6.07, 6.45) is 2.02. The lowest BCUT2D eigenvalue weighted by Crippen LogP contribution is -2.47. The van der Waals surface area contributed by atoms with Crippen LogP contribution in [0.5, 0.6) is 0 Å². The number of ether oxygens (including phenoxy) is 2. The molecule has 0 amide bonds. The number of hydrogen-bond donors (Lipinski definition) is 1. The second-order valence-electron chi connectivity index (χ2n) is 6.02. The van der Waals surface area contributed by atoms with E-state index in [0.29, 0.717) is 19.8 Å². The molecule has 2 rings (SSSR count). The number of benzene rings is 1. The van der Waals surface area contributed by atoms with Crippen LogP contribution in [0.3, 0.4) is 0 Å². The van der Waals surface area contributed by atoms with E-state index in [4.69, 9.17) is 9.47 Å². The maximum atomic E-state index is 12.5. The fraction of sp³-hybridized carbons (Fsp3) is 0.625. The maximum Gasteiger partial charge on any atom is 0.240 e. The van der Waals surface area contributed by atoms with Crippen LogP contribution in [0.2, 0.25) is 0 Å². The van der Waals surface area contributed by atoms with Crippen molar-refractivity contribution in [3.63, 3.8) is 0 Å². The Morgan fingerprint density at radius 2 is 2.00 bits per heavy atom. The summed E-state index contributed by atoms with van der Waals surface area (Å²) in [5.41, 5.74) is 0.556. The Labute approximate surface area is 133 Å². The molecular formula is C16H25NO4S. The number of rotatable bonds is 9. The minimum Gasteiger partial charge on any atom is -0.380 e. The van der Waals surface area contributed by atoms with Crippen molar-refractivity contribution in [1.29, 1.82) is 0 Å². The van der Waals surface area contributed by atoms with Gasteiger partial charge in [0.2, 0.25) is 10.0 Å². The van der Waals surface area contributed by atoms with Gasteiger partial charge in [-0.05, 0) is 32.4 Å². The van der Waals surface area contributed by atoms with Gasteiger partial charge >= 0.3 is 0 Å². The molecule has 0 unspecified atom stereocenters. The molecule has 5 nitrogen and oxygen atoms in total. The van der Waals surface area contributed by atoms with Gasteiger partial charge in [-0.3, -0.25) is 0 Å². The van der Waals surface area contributed by atoms with Crippen LogP contribution >= 0.6 is 0 Å². The van der Waals surface area contributed by atoms with E-state index in [9.17, 15) is 8.42 Å². The van der Waals surface area contributed by atoms with Crippen LogP contribution in [0.4, 0.5) is 0 Å². The molecule has 0 saturated carbocycles. The van der Waals surface area contributed by atoms with Gasteiger partial charge in [-0.2, -0.15) is 0 Å². The van der Waals surface area contributed by atoms with Crippen molar-refractivity contribution in [2.24, 2.45) is 0 Å². The lowest BCUT2D eigenvalue weighted by molar-refractivity contribution is 0.0903. The molecule has 22 heavy (non-hydrogen) atoms. The first-order valence-corrected chi connectivity index (χ1v) is 9.16. The smallest absolute Gasteiger partial charge is 0.240 e. The molecule has 2 atom stereocenters. The van der Waals surface area contributed by atoms with E-state index in [2.05, 4.69) is 11.6 Å². The van der Waals surface area contributed by atoms with Crippen molar-refractivity contribution in [3.8, 4) is 0 Å². The topological polar surface area (TPSA) is 67.9 Å². The quantitative estimate of drug-likeness (QED) is 0.558. The Morgan fingerprint density at radius 3 is 2.55 bits per heavy atom. The number of unbranched alkanes of at least 4 members (excludes halogenated alkanes) is 1. The number of hydrogen-bond acceptors (Lipinski definition) is 4. The van der Waals surface area contributed by atoms with Gasteiger partial charge < -0.3 is 9.47 Å². The number of nitrogens with one attached hydrogen (secondary N) is 1. The molecule has 1 aromatic carbocycles. The average Bonchev–Trinajstić information content (AvgIpc) is 3.22. The lowest BCUT2D eigenvalue weighted by atomic mass is 10.1. The van der Waals surface area contributed by atoms with E-state index in [1.807, 2.05) is 13.8 Å². The molecule has 1 aliphatic heterocycles. The summed E-state index contributed by atoms with van der Waals surface area (Å²) in [6.45, 7) is 7.42. The highest BCUT2D eigenvalue weighted by Gasteiger charge is 2.48.